The van der Waals surface area contributed by atoms with E-state index in [1.807, 2.05) is 13.8 Å². The minimum absolute atomic E-state index is 0.125. The number of ether oxygens (including phenoxy) is 2. The van der Waals surface area contributed by atoms with Crippen LogP contribution in [-0.2, 0) is 9.53 Å². The van der Waals surface area contributed by atoms with Crippen LogP contribution < -0.4 is 10.1 Å². The van der Waals surface area contributed by atoms with E-state index in [0.717, 1.165) is 25.7 Å². The Balaban J connectivity index is 2.16. The zero-order chi connectivity index (χ0) is 16.0. The first-order valence-corrected chi connectivity index (χ1v) is 7.77. The summed E-state index contributed by atoms with van der Waals surface area (Å²) in [5, 5.41) is 12.1. The van der Waals surface area contributed by atoms with Crippen LogP contribution in [0.2, 0.25) is 0 Å². The van der Waals surface area contributed by atoms with E-state index >= 15 is 0 Å². The second-order valence-corrected chi connectivity index (χ2v) is 5.34. The molecule has 0 bridgehead atoms. The van der Waals surface area contributed by atoms with Gasteiger partial charge in [0.1, 0.15) is 17.4 Å². The Morgan fingerprint density at radius 2 is 2.05 bits per heavy atom. The standard InChI is InChI=1S/C17H22N2O3/c1-3-21-15-8-7-14(11-13(15)12-18)19-16(20)17(22-4-2)9-5-6-10-17/h7-8,11H,3-6,9-10H2,1-2H3,(H,19,20). The van der Waals surface area contributed by atoms with Crippen molar-refractivity contribution in [3.8, 4) is 11.8 Å². The zero-order valence-electron chi connectivity index (χ0n) is 13.1. The Hall–Kier alpha value is -2.06. The van der Waals surface area contributed by atoms with Crippen LogP contribution in [0.3, 0.4) is 0 Å². The lowest BCUT2D eigenvalue weighted by Gasteiger charge is -2.27. The number of carbonyl (C=O) groups is 1. The van der Waals surface area contributed by atoms with Gasteiger partial charge in [0, 0.05) is 12.3 Å². The highest BCUT2D eigenvalue weighted by Crippen LogP contribution is 2.34. The highest BCUT2D eigenvalue weighted by Gasteiger charge is 2.42. The molecule has 0 radical (unpaired) electrons. The number of nitriles is 1. The first-order valence-electron chi connectivity index (χ1n) is 7.77. The molecule has 0 heterocycles. The molecule has 5 heteroatoms. The maximum atomic E-state index is 12.6. The van der Waals surface area contributed by atoms with Gasteiger partial charge in [0.2, 0.25) is 0 Å². The molecule has 2 rings (SSSR count). The number of anilines is 1. The van der Waals surface area contributed by atoms with Gasteiger partial charge in [-0.15, -0.1) is 0 Å². The van der Waals surface area contributed by atoms with Gasteiger partial charge in [0.15, 0.2) is 0 Å². The Morgan fingerprint density at radius 3 is 2.64 bits per heavy atom. The molecule has 1 fully saturated rings. The van der Waals surface area contributed by atoms with Crippen molar-refractivity contribution in [3.05, 3.63) is 23.8 Å². The van der Waals surface area contributed by atoms with Gasteiger partial charge in [-0.1, -0.05) is 0 Å². The number of nitrogens with one attached hydrogen (secondary N) is 1. The second kappa shape index (κ2) is 7.28. The first-order chi connectivity index (χ1) is 10.6. The molecule has 1 aliphatic carbocycles. The van der Waals surface area contributed by atoms with E-state index in [1.165, 1.54) is 0 Å². The van der Waals surface area contributed by atoms with Crippen molar-refractivity contribution in [1.82, 2.24) is 0 Å². The van der Waals surface area contributed by atoms with Gasteiger partial charge in [0.25, 0.3) is 5.91 Å². The van der Waals surface area contributed by atoms with E-state index in [-0.39, 0.29) is 5.91 Å². The monoisotopic (exact) mass is 302 g/mol. The van der Waals surface area contributed by atoms with Crippen molar-refractivity contribution in [2.24, 2.45) is 0 Å². The van der Waals surface area contributed by atoms with Gasteiger partial charge < -0.3 is 14.8 Å². The SMILES string of the molecule is CCOc1ccc(NC(=O)C2(OCC)CCCC2)cc1C#N. The van der Waals surface area contributed by atoms with Gasteiger partial charge in [-0.3, -0.25) is 4.79 Å². The van der Waals surface area contributed by atoms with Gasteiger partial charge in [0.05, 0.1) is 12.2 Å². The number of benzene rings is 1. The summed E-state index contributed by atoms with van der Waals surface area (Å²) < 4.78 is 11.1. The molecule has 1 saturated carbocycles. The summed E-state index contributed by atoms with van der Waals surface area (Å²) in [6.45, 7) is 4.77. The summed E-state index contributed by atoms with van der Waals surface area (Å²) in [6, 6.07) is 7.18. The van der Waals surface area contributed by atoms with E-state index < -0.39 is 5.60 Å². The minimum atomic E-state index is -0.722. The molecular weight excluding hydrogens is 280 g/mol. The highest BCUT2D eigenvalue weighted by molar-refractivity contribution is 5.97. The van der Waals surface area contributed by atoms with Crippen molar-refractivity contribution in [2.75, 3.05) is 18.5 Å². The molecule has 0 atom stereocenters. The minimum Gasteiger partial charge on any atom is -0.492 e. The van der Waals surface area contributed by atoms with Gasteiger partial charge in [-0.25, -0.2) is 0 Å². The fourth-order valence-corrected chi connectivity index (χ4v) is 2.88. The van der Waals surface area contributed by atoms with Crippen LogP contribution >= 0.6 is 0 Å². The van der Waals surface area contributed by atoms with Gasteiger partial charge >= 0.3 is 0 Å². The molecule has 0 spiro atoms. The predicted octanol–water partition coefficient (Wildman–Crippen LogP) is 3.24. The average molecular weight is 302 g/mol. The predicted molar refractivity (Wildman–Crippen MR) is 83.8 cm³/mol. The van der Waals surface area contributed by atoms with E-state index in [9.17, 15) is 10.1 Å². The van der Waals surface area contributed by atoms with E-state index in [1.54, 1.807) is 18.2 Å². The summed E-state index contributed by atoms with van der Waals surface area (Å²) >= 11 is 0. The highest BCUT2D eigenvalue weighted by atomic mass is 16.5. The Morgan fingerprint density at radius 1 is 1.32 bits per heavy atom. The smallest absolute Gasteiger partial charge is 0.256 e. The third kappa shape index (κ3) is 3.40. The van der Waals surface area contributed by atoms with Gasteiger partial charge in [-0.05, 0) is 57.7 Å². The Kier molecular flexibility index (Phi) is 5.40. The maximum Gasteiger partial charge on any atom is 0.256 e. The molecule has 0 unspecified atom stereocenters. The lowest BCUT2D eigenvalue weighted by atomic mass is 10.0. The summed E-state index contributed by atoms with van der Waals surface area (Å²) in [4.78, 5) is 12.6. The van der Waals surface area contributed by atoms with Crippen molar-refractivity contribution in [2.45, 2.75) is 45.1 Å². The third-order valence-electron chi connectivity index (χ3n) is 3.90. The van der Waals surface area contributed by atoms with Crippen LogP contribution in [0, 0.1) is 11.3 Å². The van der Waals surface area contributed by atoms with Crippen LogP contribution in [0.1, 0.15) is 45.1 Å². The third-order valence-corrected chi connectivity index (χ3v) is 3.90. The second-order valence-electron chi connectivity index (χ2n) is 5.34. The summed E-state index contributed by atoms with van der Waals surface area (Å²) in [5.41, 5.74) is 0.285. The molecule has 1 aromatic carbocycles. The molecule has 0 aliphatic heterocycles. The topological polar surface area (TPSA) is 71.3 Å². The fourth-order valence-electron chi connectivity index (χ4n) is 2.88. The maximum absolute atomic E-state index is 12.6. The van der Waals surface area contributed by atoms with Crippen molar-refractivity contribution < 1.29 is 14.3 Å². The molecule has 22 heavy (non-hydrogen) atoms. The number of carbonyl (C=O) groups excluding carboxylic acids is 1. The van der Waals surface area contributed by atoms with E-state index in [4.69, 9.17) is 9.47 Å². The summed E-state index contributed by atoms with van der Waals surface area (Å²) in [5.74, 6) is 0.406. The number of nitrogens with zero attached hydrogens (tertiary/aromatic N) is 1. The number of rotatable bonds is 6. The number of amides is 1. The molecule has 1 aliphatic rings. The van der Waals surface area contributed by atoms with E-state index in [2.05, 4.69) is 11.4 Å². The fraction of sp³-hybridized carbons (Fsp3) is 0.529. The summed E-state index contributed by atoms with van der Waals surface area (Å²) in [6.07, 6.45) is 3.49. The number of hydrogen-bond acceptors (Lipinski definition) is 4. The molecule has 118 valence electrons. The first kappa shape index (κ1) is 16.3. The molecule has 5 nitrogen and oxygen atoms in total. The van der Waals surface area contributed by atoms with Crippen LogP contribution in [0.5, 0.6) is 5.75 Å². The van der Waals surface area contributed by atoms with Gasteiger partial charge in [-0.2, -0.15) is 5.26 Å². The molecule has 0 aromatic heterocycles. The normalized spacial score (nSPS) is 16.0. The molecule has 1 aromatic rings. The molecule has 0 saturated heterocycles. The molecule has 1 N–H and O–H groups in total. The quantitative estimate of drug-likeness (QED) is 0.875. The van der Waals surface area contributed by atoms with Crippen LogP contribution in [0.15, 0.2) is 18.2 Å². The van der Waals surface area contributed by atoms with Crippen molar-refractivity contribution in [3.63, 3.8) is 0 Å². The van der Waals surface area contributed by atoms with Crippen LogP contribution in [0.4, 0.5) is 5.69 Å². The van der Waals surface area contributed by atoms with Crippen LogP contribution in [0.25, 0.3) is 0 Å². The van der Waals surface area contributed by atoms with Crippen molar-refractivity contribution >= 4 is 11.6 Å². The summed E-state index contributed by atoms with van der Waals surface area (Å²) in [7, 11) is 0. The average Bonchev–Trinajstić information content (AvgIpc) is 2.99. The number of hydrogen-bond donors (Lipinski definition) is 1. The Bertz CT molecular complexity index is 572. The van der Waals surface area contributed by atoms with E-state index in [0.29, 0.717) is 30.2 Å². The lowest BCUT2D eigenvalue weighted by Crippen LogP contribution is -2.43. The zero-order valence-corrected chi connectivity index (χ0v) is 13.1. The molecule has 1 amide bonds. The largest absolute Gasteiger partial charge is 0.492 e. The van der Waals surface area contributed by atoms with Crippen molar-refractivity contribution in [1.29, 1.82) is 5.26 Å². The van der Waals surface area contributed by atoms with Crippen LogP contribution in [-0.4, -0.2) is 24.7 Å². The lowest BCUT2D eigenvalue weighted by molar-refractivity contribution is -0.140. The Labute approximate surface area is 131 Å². The molecular formula is C17H22N2O3.